The van der Waals surface area contributed by atoms with Crippen LogP contribution in [0.3, 0.4) is 0 Å². The minimum Gasteiger partial charge on any atom is -0.482 e. The van der Waals surface area contributed by atoms with E-state index in [1.807, 2.05) is 12.1 Å². The number of anilines is 2. The number of halogens is 2. The summed E-state index contributed by atoms with van der Waals surface area (Å²) >= 11 is 7.12. The molecule has 0 saturated carbocycles. The van der Waals surface area contributed by atoms with Crippen molar-refractivity contribution in [2.45, 2.75) is 6.92 Å². The van der Waals surface area contributed by atoms with Crippen LogP contribution in [-0.2, 0) is 9.59 Å². The fourth-order valence-corrected chi connectivity index (χ4v) is 3.24. The molecular weight excluding hydrogens is 405 g/mol. The van der Waals surface area contributed by atoms with E-state index in [1.54, 1.807) is 17.5 Å². The maximum atomic E-state index is 13.0. The van der Waals surface area contributed by atoms with Crippen LogP contribution in [0.4, 0.5) is 15.2 Å². The Hall–Kier alpha value is -2.97. The van der Waals surface area contributed by atoms with E-state index < -0.39 is 11.7 Å². The van der Waals surface area contributed by atoms with Gasteiger partial charge in [0.2, 0.25) is 5.91 Å². The van der Waals surface area contributed by atoms with Gasteiger partial charge in [-0.2, -0.15) is 0 Å². The summed E-state index contributed by atoms with van der Waals surface area (Å²) in [5, 5.41) is 7.64. The quantitative estimate of drug-likeness (QED) is 0.613. The molecule has 0 aliphatic carbocycles. The summed E-state index contributed by atoms with van der Waals surface area (Å²) in [4.78, 5) is 27.4. The number of nitrogens with zero attached hydrogens (tertiary/aromatic N) is 1. The number of rotatable bonds is 6. The Labute approximate surface area is 169 Å². The lowest BCUT2D eigenvalue weighted by Crippen LogP contribution is -2.20. The number of aromatic nitrogens is 1. The van der Waals surface area contributed by atoms with Crippen LogP contribution in [0.2, 0.25) is 5.02 Å². The number of amides is 2. The second-order valence-electron chi connectivity index (χ2n) is 5.71. The van der Waals surface area contributed by atoms with Crippen LogP contribution in [0.25, 0.3) is 11.3 Å². The standard InChI is InChI=1S/C19H15ClFN3O3S/c1-11(25)22-14-5-2-12(3-6-14)16-10-28-19(23-16)24-18(26)9-27-17-7-4-13(21)8-15(17)20/h2-8,10H,9H2,1H3,(H,22,25)(H,23,24,26). The van der Waals surface area contributed by atoms with Crippen molar-refractivity contribution < 1.29 is 18.7 Å². The van der Waals surface area contributed by atoms with E-state index in [-0.39, 0.29) is 23.3 Å². The van der Waals surface area contributed by atoms with Gasteiger partial charge in [-0.15, -0.1) is 11.3 Å². The maximum absolute atomic E-state index is 13.0. The van der Waals surface area contributed by atoms with Crippen LogP contribution >= 0.6 is 22.9 Å². The largest absolute Gasteiger partial charge is 0.482 e. The zero-order chi connectivity index (χ0) is 20.1. The topological polar surface area (TPSA) is 80.3 Å². The van der Waals surface area contributed by atoms with Gasteiger partial charge < -0.3 is 10.1 Å². The molecule has 2 amide bonds. The third-order valence-corrected chi connectivity index (χ3v) is 4.56. The normalized spacial score (nSPS) is 10.4. The van der Waals surface area contributed by atoms with E-state index in [0.29, 0.717) is 16.5 Å². The first kappa shape index (κ1) is 19.8. The van der Waals surface area contributed by atoms with E-state index in [2.05, 4.69) is 15.6 Å². The van der Waals surface area contributed by atoms with E-state index in [9.17, 15) is 14.0 Å². The number of hydrogen-bond acceptors (Lipinski definition) is 5. The zero-order valence-corrected chi connectivity index (χ0v) is 16.2. The minimum absolute atomic E-state index is 0.0899. The van der Waals surface area contributed by atoms with Gasteiger partial charge in [-0.1, -0.05) is 23.7 Å². The molecule has 1 heterocycles. The summed E-state index contributed by atoms with van der Waals surface area (Å²) in [6.45, 7) is 1.16. The predicted molar refractivity (Wildman–Crippen MR) is 107 cm³/mol. The average molecular weight is 420 g/mol. The first-order valence-electron chi connectivity index (χ1n) is 8.12. The SMILES string of the molecule is CC(=O)Nc1ccc(-c2csc(NC(=O)COc3ccc(F)cc3Cl)n2)cc1. The van der Waals surface area contributed by atoms with Crippen molar-refractivity contribution in [1.82, 2.24) is 4.98 Å². The van der Waals surface area contributed by atoms with Crippen LogP contribution in [0.15, 0.2) is 47.8 Å². The minimum atomic E-state index is -0.484. The van der Waals surface area contributed by atoms with Crippen LogP contribution in [0.1, 0.15) is 6.92 Å². The van der Waals surface area contributed by atoms with Gasteiger partial charge in [-0.25, -0.2) is 9.37 Å². The van der Waals surface area contributed by atoms with Crippen LogP contribution in [0.5, 0.6) is 5.75 Å². The summed E-state index contributed by atoms with van der Waals surface area (Å²) in [5.41, 5.74) is 2.23. The van der Waals surface area contributed by atoms with Crippen molar-refractivity contribution in [2.24, 2.45) is 0 Å². The average Bonchev–Trinajstić information content (AvgIpc) is 3.09. The Balaban J connectivity index is 1.57. The summed E-state index contributed by atoms with van der Waals surface area (Å²) in [5.74, 6) is -0.822. The number of carbonyl (C=O) groups is 2. The molecule has 0 unspecified atom stereocenters. The van der Waals surface area contributed by atoms with E-state index >= 15 is 0 Å². The third kappa shape index (κ3) is 5.28. The van der Waals surface area contributed by atoms with E-state index in [0.717, 1.165) is 11.6 Å². The number of hydrogen-bond donors (Lipinski definition) is 2. The molecule has 0 spiro atoms. The number of benzene rings is 2. The first-order valence-corrected chi connectivity index (χ1v) is 9.38. The summed E-state index contributed by atoms with van der Waals surface area (Å²) in [6.07, 6.45) is 0. The lowest BCUT2D eigenvalue weighted by Gasteiger charge is -2.07. The smallest absolute Gasteiger partial charge is 0.264 e. The highest BCUT2D eigenvalue weighted by Gasteiger charge is 2.10. The van der Waals surface area contributed by atoms with Gasteiger partial charge in [0.15, 0.2) is 11.7 Å². The van der Waals surface area contributed by atoms with Crippen LogP contribution < -0.4 is 15.4 Å². The number of carbonyl (C=O) groups excluding carboxylic acids is 2. The van der Waals surface area contributed by atoms with Gasteiger partial charge in [0, 0.05) is 23.6 Å². The van der Waals surface area contributed by atoms with Crippen molar-refractivity contribution in [1.29, 1.82) is 0 Å². The van der Waals surface area contributed by atoms with Crippen LogP contribution in [0, 0.1) is 5.82 Å². The fraction of sp³-hybridized carbons (Fsp3) is 0.105. The zero-order valence-electron chi connectivity index (χ0n) is 14.7. The molecular formula is C19H15ClFN3O3S. The third-order valence-electron chi connectivity index (χ3n) is 3.50. The molecule has 2 aromatic carbocycles. The second-order valence-corrected chi connectivity index (χ2v) is 6.97. The molecule has 1 aromatic heterocycles. The van der Waals surface area contributed by atoms with Gasteiger partial charge in [0.05, 0.1) is 10.7 Å². The molecule has 0 saturated heterocycles. The van der Waals surface area contributed by atoms with Crippen LogP contribution in [-0.4, -0.2) is 23.4 Å². The Bertz CT molecular complexity index is 1010. The lowest BCUT2D eigenvalue weighted by atomic mass is 10.1. The summed E-state index contributed by atoms with van der Waals surface area (Å²) < 4.78 is 18.3. The predicted octanol–water partition coefficient (Wildman–Crippen LogP) is 4.58. The first-order chi connectivity index (χ1) is 13.4. The highest BCUT2D eigenvalue weighted by atomic mass is 35.5. The highest BCUT2D eigenvalue weighted by molar-refractivity contribution is 7.14. The molecule has 3 aromatic rings. The Morgan fingerprint density at radius 2 is 1.93 bits per heavy atom. The Morgan fingerprint density at radius 3 is 2.61 bits per heavy atom. The number of ether oxygens (including phenoxy) is 1. The van der Waals surface area contributed by atoms with E-state index in [4.69, 9.17) is 16.3 Å². The summed E-state index contributed by atoms with van der Waals surface area (Å²) in [7, 11) is 0. The molecule has 0 bridgehead atoms. The van der Waals surface area contributed by atoms with Gasteiger partial charge >= 0.3 is 0 Å². The Kier molecular flexibility index (Phi) is 6.23. The summed E-state index contributed by atoms with van der Waals surface area (Å²) in [6, 6.07) is 10.9. The van der Waals surface area contributed by atoms with Gasteiger partial charge in [-0.05, 0) is 30.3 Å². The van der Waals surface area contributed by atoms with Crippen molar-refractivity contribution in [3.63, 3.8) is 0 Å². The fourth-order valence-electron chi connectivity index (χ4n) is 2.28. The molecule has 28 heavy (non-hydrogen) atoms. The van der Waals surface area contributed by atoms with Crippen molar-refractivity contribution in [2.75, 3.05) is 17.2 Å². The van der Waals surface area contributed by atoms with E-state index in [1.165, 1.54) is 30.4 Å². The second kappa shape index (κ2) is 8.81. The molecule has 0 fully saturated rings. The molecule has 0 aliphatic heterocycles. The molecule has 2 N–H and O–H groups in total. The van der Waals surface area contributed by atoms with Crippen molar-refractivity contribution >= 4 is 45.6 Å². The molecule has 144 valence electrons. The molecule has 9 heteroatoms. The molecule has 0 atom stereocenters. The van der Waals surface area contributed by atoms with Crippen molar-refractivity contribution in [3.05, 3.63) is 58.7 Å². The molecule has 0 aliphatic rings. The highest BCUT2D eigenvalue weighted by Crippen LogP contribution is 2.27. The van der Waals surface area contributed by atoms with Gasteiger partial charge in [-0.3, -0.25) is 14.9 Å². The molecule has 6 nitrogen and oxygen atoms in total. The maximum Gasteiger partial charge on any atom is 0.264 e. The Morgan fingerprint density at radius 1 is 1.18 bits per heavy atom. The van der Waals surface area contributed by atoms with Gasteiger partial charge in [0.1, 0.15) is 11.6 Å². The van der Waals surface area contributed by atoms with Gasteiger partial charge in [0.25, 0.3) is 5.91 Å². The number of thiazole rings is 1. The monoisotopic (exact) mass is 419 g/mol. The number of nitrogens with one attached hydrogen (secondary N) is 2. The molecule has 0 radical (unpaired) electrons. The van der Waals surface area contributed by atoms with Crippen molar-refractivity contribution in [3.8, 4) is 17.0 Å². The lowest BCUT2D eigenvalue weighted by molar-refractivity contribution is -0.118. The molecule has 3 rings (SSSR count).